The minimum Gasteiger partial charge on any atom is -0.395 e. The third kappa shape index (κ3) is 5.22. The van der Waals surface area contributed by atoms with Crippen LogP contribution < -0.4 is 27.4 Å². The minimum absolute atomic E-state index is 0.0385. The van der Waals surface area contributed by atoms with Gasteiger partial charge in [0.15, 0.2) is 0 Å². The van der Waals surface area contributed by atoms with E-state index in [4.69, 9.17) is 11.5 Å². The first-order valence-corrected chi connectivity index (χ1v) is 10.8. The zero-order chi connectivity index (χ0) is 25.1. The highest BCUT2D eigenvalue weighted by atomic mass is 16.2. The van der Waals surface area contributed by atoms with E-state index in [0.717, 1.165) is 22.3 Å². The number of nitrogens with one attached hydrogen (secondary N) is 3. The van der Waals surface area contributed by atoms with Gasteiger partial charge in [0, 0.05) is 17.3 Å². The van der Waals surface area contributed by atoms with E-state index in [1.54, 1.807) is 29.1 Å². The number of nitrogens with two attached hydrogens (primary N) is 2. The highest BCUT2D eigenvalue weighted by Crippen LogP contribution is 2.24. The van der Waals surface area contributed by atoms with Crippen molar-refractivity contribution in [2.75, 3.05) is 0 Å². The fraction of sp³-hybridized carbons (Fsp3) is 0.120. The molecular formula is C25H25N7O3. The molecule has 1 aliphatic heterocycles. The summed E-state index contributed by atoms with van der Waals surface area (Å²) in [5, 5.41) is 12.1. The predicted octanol–water partition coefficient (Wildman–Crippen LogP) is 1.87. The maximum atomic E-state index is 12.7. The summed E-state index contributed by atoms with van der Waals surface area (Å²) in [4.78, 5) is 35.8. The van der Waals surface area contributed by atoms with Gasteiger partial charge in [0.2, 0.25) is 5.91 Å². The Morgan fingerprint density at radius 3 is 2.69 bits per heavy atom. The average molecular weight is 472 g/mol. The monoisotopic (exact) mass is 471 g/mol. The van der Waals surface area contributed by atoms with Crippen LogP contribution in [0.3, 0.4) is 0 Å². The first kappa shape index (κ1) is 23.3. The number of amides is 4. The molecule has 0 radical (unpaired) electrons. The van der Waals surface area contributed by atoms with Gasteiger partial charge in [-0.25, -0.2) is 4.79 Å². The maximum Gasteiger partial charge on any atom is 0.323 e. The molecule has 10 heteroatoms. The van der Waals surface area contributed by atoms with Gasteiger partial charge in [0.1, 0.15) is 5.70 Å². The Labute approximate surface area is 201 Å². The van der Waals surface area contributed by atoms with Crippen molar-refractivity contribution < 1.29 is 14.4 Å². The van der Waals surface area contributed by atoms with Crippen molar-refractivity contribution in [2.45, 2.75) is 19.5 Å². The van der Waals surface area contributed by atoms with E-state index < -0.39 is 17.8 Å². The summed E-state index contributed by atoms with van der Waals surface area (Å²) < 4.78 is 1.77. The molecule has 7 N–H and O–H groups in total. The first-order valence-electron chi connectivity index (χ1n) is 10.8. The van der Waals surface area contributed by atoms with Crippen LogP contribution in [0.2, 0.25) is 0 Å². The molecule has 1 aromatic heterocycles. The highest BCUT2D eigenvalue weighted by molar-refractivity contribution is 6.00. The van der Waals surface area contributed by atoms with Gasteiger partial charge in [-0.3, -0.25) is 14.3 Å². The average Bonchev–Trinajstić information content (AvgIpc) is 3.30. The highest BCUT2D eigenvalue weighted by Gasteiger charge is 2.25. The Kier molecular flexibility index (Phi) is 6.36. The summed E-state index contributed by atoms with van der Waals surface area (Å²) >= 11 is 0. The number of carbonyl (C=O) groups is 3. The SMILES string of the molecule is C=C1NC(=O)NC(C(=O)N[C@H](C)c2cccc(-c3cnn(Cc4cccc(C(N)=O)c4)c3)c2)=C1N. The number of primary amides is 1. The van der Waals surface area contributed by atoms with E-state index in [1.165, 1.54) is 0 Å². The molecule has 0 fully saturated rings. The van der Waals surface area contributed by atoms with Crippen molar-refractivity contribution in [3.05, 3.63) is 101 Å². The van der Waals surface area contributed by atoms with Crippen LogP contribution in [-0.2, 0) is 11.3 Å². The van der Waals surface area contributed by atoms with E-state index >= 15 is 0 Å². The smallest absolute Gasteiger partial charge is 0.323 e. The lowest BCUT2D eigenvalue weighted by Crippen LogP contribution is -2.47. The number of urea groups is 1. The van der Waals surface area contributed by atoms with Crippen molar-refractivity contribution in [3.8, 4) is 11.1 Å². The molecule has 0 spiro atoms. The Morgan fingerprint density at radius 1 is 1.14 bits per heavy atom. The Bertz CT molecular complexity index is 1370. The van der Waals surface area contributed by atoms with Gasteiger partial charge < -0.3 is 27.4 Å². The molecule has 1 aliphatic rings. The lowest BCUT2D eigenvalue weighted by atomic mass is 10.0. The molecular weight excluding hydrogens is 446 g/mol. The van der Waals surface area contributed by atoms with E-state index in [0.29, 0.717) is 12.1 Å². The number of nitrogens with zero attached hydrogens (tertiary/aromatic N) is 2. The minimum atomic E-state index is -0.567. The van der Waals surface area contributed by atoms with Crippen LogP contribution in [0.15, 0.2) is 84.6 Å². The summed E-state index contributed by atoms with van der Waals surface area (Å²) in [7, 11) is 0. The van der Waals surface area contributed by atoms with Crippen molar-refractivity contribution in [1.82, 2.24) is 25.7 Å². The molecule has 0 saturated carbocycles. The molecule has 0 bridgehead atoms. The van der Waals surface area contributed by atoms with Gasteiger partial charge in [-0.1, -0.05) is 36.9 Å². The summed E-state index contributed by atoms with van der Waals surface area (Å²) in [6, 6.07) is 13.9. The third-order valence-electron chi connectivity index (χ3n) is 5.58. The Balaban J connectivity index is 1.48. The summed E-state index contributed by atoms with van der Waals surface area (Å²) in [6.45, 7) is 5.95. The van der Waals surface area contributed by atoms with Crippen molar-refractivity contribution in [3.63, 3.8) is 0 Å². The van der Waals surface area contributed by atoms with Crippen LogP contribution in [0.5, 0.6) is 0 Å². The molecule has 4 rings (SSSR count). The number of rotatable bonds is 7. The van der Waals surface area contributed by atoms with Gasteiger partial charge in [0.25, 0.3) is 5.91 Å². The van der Waals surface area contributed by atoms with E-state index in [2.05, 4.69) is 27.6 Å². The van der Waals surface area contributed by atoms with Gasteiger partial charge in [-0.05, 0) is 41.8 Å². The molecule has 178 valence electrons. The quantitative estimate of drug-likeness (QED) is 0.355. The largest absolute Gasteiger partial charge is 0.395 e. The van der Waals surface area contributed by atoms with Crippen molar-refractivity contribution in [2.24, 2.45) is 11.5 Å². The molecule has 2 aromatic carbocycles. The van der Waals surface area contributed by atoms with Crippen LogP contribution in [0, 0.1) is 0 Å². The molecule has 0 unspecified atom stereocenters. The van der Waals surface area contributed by atoms with Gasteiger partial charge >= 0.3 is 6.03 Å². The second-order valence-electron chi connectivity index (χ2n) is 8.16. The molecule has 2 heterocycles. The summed E-state index contributed by atoms with van der Waals surface area (Å²) in [5.41, 5.74) is 15.5. The van der Waals surface area contributed by atoms with Crippen molar-refractivity contribution in [1.29, 1.82) is 0 Å². The number of carbonyl (C=O) groups excluding carboxylic acids is 3. The second kappa shape index (κ2) is 9.56. The third-order valence-corrected chi connectivity index (χ3v) is 5.58. The van der Waals surface area contributed by atoms with Crippen LogP contribution in [-0.4, -0.2) is 27.6 Å². The van der Waals surface area contributed by atoms with E-state index in [1.807, 2.05) is 43.5 Å². The van der Waals surface area contributed by atoms with Crippen LogP contribution >= 0.6 is 0 Å². The normalized spacial score (nSPS) is 14.2. The van der Waals surface area contributed by atoms with E-state index in [9.17, 15) is 14.4 Å². The fourth-order valence-electron chi connectivity index (χ4n) is 3.70. The molecule has 1 atom stereocenters. The molecule has 35 heavy (non-hydrogen) atoms. The van der Waals surface area contributed by atoms with Crippen LogP contribution in [0.25, 0.3) is 11.1 Å². The lowest BCUT2D eigenvalue weighted by molar-refractivity contribution is -0.118. The van der Waals surface area contributed by atoms with Gasteiger partial charge in [-0.15, -0.1) is 0 Å². The molecule has 3 aromatic rings. The number of aromatic nitrogens is 2. The zero-order valence-corrected chi connectivity index (χ0v) is 19.0. The first-order chi connectivity index (χ1) is 16.7. The molecule has 10 nitrogen and oxygen atoms in total. The zero-order valence-electron chi connectivity index (χ0n) is 19.0. The van der Waals surface area contributed by atoms with Gasteiger partial charge in [-0.2, -0.15) is 5.10 Å². The van der Waals surface area contributed by atoms with E-state index in [-0.39, 0.29) is 23.1 Å². The second-order valence-corrected chi connectivity index (χ2v) is 8.16. The summed E-state index contributed by atoms with van der Waals surface area (Å²) in [6.07, 6.45) is 3.66. The standard InChI is InChI=1S/C25H25N7O3/c1-14(29-24(34)22-21(26)15(2)30-25(35)31-22)17-6-4-7-18(10-17)20-11-28-32(13-20)12-16-5-3-8-19(9-16)23(27)33/h3-11,13-14H,2,12,26H2,1H3,(H2,27,33)(H,29,34)(H2,30,31,35)/t14-/m1/s1. The predicted molar refractivity (Wildman–Crippen MR) is 130 cm³/mol. The van der Waals surface area contributed by atoms with Crippen molar-refractivity contribution >= 4 is 17.8 Å². The topological polar surface area (TPSA) is 157 Å². The number of hydrogen-bond donors (Lipinski definition) is 5. The molecule has 4 amide bonds. The van der Waals surface area contributed by atoms with Gasteiger partial charge in [0.05, 0.1) is 30.2 Å². The molecule has 0 aliphatic carbocycles. The number of hydrogen-bond acceptors (Lipinski definition) is 5. The Morgan fingerprint density at radius 2 is 1.91 bits per heavy atom. The summed E-state index contributed by atoms with van der Waals surface area (Å²) in [5.74, 6) is -0.986. The lowest BCUT2D eigenvalue weighted by Gasteiger charge is -2.22. The van der Waals surface area contributed by atoms with Crippen LogP contribution in [0.4, 0.5) is 4.79 Å². The Hall–Kier alpha value is -4.86. The fourth-order valence-corrected chi connectivity index (χ4v) is 3.70. The maximum absolute atomic E-state index is 12.7. The number of benzene rings is 2. The molecule has 0 saturated heterocycles. The van der Waals surface area contributed by atoms with Crippen LogP contribution in [0.1, 0.15) is 34.5 Å².